The normalized spacial score (nSPS) is 30.4. The molecule has 0 heterocycles. The zero-order valence-corrected chi connectivity index (χ0v) is 10.6. The van der Waals surface area contributed by atoms with Crippen molar-refractivity contribution in [1.29, 1.82) is 0 Å². The van der Waals surface area contributed by atoms with Crippen LogP contribution < -0.4 is 0 Å². The van der Waals surface area contributed by atoms with Gasteiger partial charge in [0.25, 0.3) is 0 Å². The van der Waals surface area contributed by atoms with Gasteiger partial charge in [-0.3, -0.25) is 0 Å². The van der Waals surface area contributed by atoms with Crippen LogP contribution in [0.3, 0.4) is 0 Å². The highest BCUT2D eigenvalue weighted by atomic mass is 79.9. The van der Waals surface area contributed by atoms with Crippen molar-refractivity contribution in [2.24, 2.45) is 5.92 Å². The van der Waals surface area contributed by atoms with Crippen molar-refractivity contribution in [2.75, 3.05) is 5.88 Å². The molecular formula is C12H14BrCl. The number of benzene rings is 1. The van der Waals surface area contributed by atoms with E-state index >= 15 is 0 Å². The van der Waals surface area contributed by atoms with E-state index in [4.69, 9.17) is 11.6 Å². The van der Waals surface area contributed by atoms with Gasteiger partial charge < -0.3 is 0 Å². The quantitative estimate of drug-likeness (QED) is 0.718. The highest BCUT2D eigenvalue weighted by molar-refractivity contribution is 9.10. The van der Waals surface area contributed by atoms with Crippen molar-refractivity contribution in [3.63, 3.8) is 0 Å². The molecule has 0 bridgehead atoms. The first kappa shape index (κ1) is 10.5. The molecule has 0 spiro atoms. The molecule has 0 N–H and O–H groups in total. The van der Waals surface area contributed by atoms with Crippen LogP contribution in [-0.4, -0.2) is 5.88 Å². The Kier molecular flexibility index (Phi) is 2.90. The molecule has 0 amide bonds. The summed E-state index contributed by atoms with van der Waals surface area (Å²) >= 11 is 9.46. The van der Waals surface area contributed by atoms with Gasteiger partial charge >= 0.3 is 0 Å². The summed E-state index contributed by atoms with van der Waals surface area (Å²) in [6, 6.07) is 8.64. The first-order chi connectivity index (χ1) is 6.73. The lowest BCUT2D eigenvalue weighted by Crippen LogP contribution is -2.09. The zero-order valence-electron chi connectivity index (χ0n) is 8.26. The van der Waals surface area contributed by atoms with Gasteiger partial charge in [-0.05, 0) is 41.9 Å². The van der Waals surface area contributed by atoms with Gasteiger partial charge in [0.15, 0.2) is 0 Å². The Bertz CT molecular complexity index is 337. The molecule has 2 heteroatoms. The van der Waals surface area contributed by atoms with E-state index in [0.29, 0.717) is 11.3 Å². The SMILES string of the molecule is CCC1(c2cccc(Br)c2)CC1CCl. The van der Waals surface area contributed by atoms with Gasteiger partial charge in [-0.25, -0.2) is 0 Å². The number of hydrogen-bond acceptors (Lipinski definition) is 0. The topological polar surface area (TPSA) is 0 Å². The van der Waals surface area contributed by atoms with Gasteiger partial charge in [-0.1, -0.05) is 35.0 Å². The summed E-state index contributed by atoms with van der Waals surface area (Å²) in [6.45, 7) is 2.26. The van der Waals surface area contributed by atoms with Gasteiger partial charge in [-0.2, -0.15) is 0 Å². The molecule has 1 aliphatic rings. The third kappa shape index (κ3) is 1.61. The summed E-state index contributed by atoms with van der Waals surface area (Å²) < 4.78 is 1.17. The molecule has 14 heavy (non-hydrogen) atoms. The minimum Gasteiger partial charge on any atom is -0.126 e. The minimum atomic E-state index is 0.380. The third-order valence-electron chi connectivity index (χ3n) is 3.45. The summed E-state index contributed by atoms with van der Waals surface area (Å²) in [6.07, 6.45) is 2.45. The van der Waals surface area contributed by atoms with Gasteiger partial charge in [-0.15, -0.1) is 11.6 Å². The molecule has 1 aromatic rings. The lowest BCUT2D eigenvalue weighted by Gasteiger charge is -2.15. The molecule has 0 nitrogen and oxygen atoms in total. The predicted molar refractivity (Wildman–Crippen MR) is 64.9 cm³/mol. The molecule has 2 unspecified atom stereocenters. The maximum absolute atomic E-state index is 5.94. The first-order valence-corrected chi connectivity index (χ1v) is 6.37. The molecule has 2 rings (SSSR count). The van der Waals surface area contributed by atoms with Crippen LogP contribution in [0.4, 0.5) is 0 Å². The maximum Gasteiger partial charge on any atom is 0.0260 e. The van der Waals surface area contributed by atoms with Crippen LogP contribution in [0.2, 0.25) is 0 Å². The van der Waals surface area contributed by atoms with E-state index in [9.17, 15) is 0 Å². The standard InChI is InChI=1S/C12H14BrCl/c1-2-12(7-10(12)8-14)9-4-3-5-11(13)6-9/h3-6,10H,2,7-8H2,1H3. The van der Waals surface area contributed by atoms with Crippen molar-refractivity contribution in [3.05, 3.63) is 34.3 Å². The van der Waals surface area contributed by atoms with Crippen LogP contribution in [0.5, 0.6) is 0 Å². The molecular weight excluding hydrogens is 259 g/mol. The fourth-order valence-corrected chi connectivity index (χ4v) is 3.18. The molecule has 0 aromatic heterocycles. The Morgan fingerprint density at radius 1 is 1.57 bits per heavy atom. The predicted octanol–water partition coefficient (Wildman–Crippen LogP) is 4.36. The molecule has 0 saturated heterocycles. The summed E-state index contributed by atoms with van der Waals surface area (Å²) in [5, 5.41) is 0. The number of alkyl halides is 1. The smallest absolute Gasteiger partial charge is 0.0260 e. The average Bonchev–Trinajstić information content (AvgIpc) is 2.93. The number of halogens is 2. The second-order valence-electron chi connectivity index (χ2n) is 4.08. The summed E-state index contributed by atoms with van der Waals surface area (Å²) in [5.41, 5.74) is 1.82. The number of rotatable bonds is 3. The van der Waals surface area contributed by atoms with Gasteiger partial charge in [0, 0.05) is 10.4 Å². The van der Waals surface area contributed by atoms with Crippen LogP contribution in [0.1, 0.15) is 25.3 Å². The Hall–Kier alpha value is -0.0100. The molecule has 0 radical (unpaired) electrons. The molecule has 1 saturated carbocycles. The van der Waals surface area contributed by atoms with E-state index < -0.39 is 0 Å². The Morgan fingerprint density at radius 3 is 2.86 bits per heavy atom. The van der Waals surface area contributed by atoms with E-state index in [2.05, 4.69) is 47.1 Å². The van der Waals surface area contributed by atoms with Crippen molar-refractivity contribution in [3.8, 4) is 0 Å². The third-order valence-corrected chi connectivity index (χ3v) is 4.31. The van der Waals surface area contributed by atoms with Gasteiger partial charge in [0.2, 0.25) is 0 Å². The highest BCUT2D eigenvalue weighted by Crippen LogP contribution is 2.57. The van der Waals surface area contributed by atoms with Gasteiger partial charge in [0.05, 0.1) is 0 Å². The minimum absolute atomic E-state index is 0.380. The summed E-state index contributed by atoms with van der Waals surface area (Å²) in [4.78, 5) is 0. The molecule has 1 aliphatic carbocycles. The van der Waals surface area contributed by atoms with E-state index in [-0.39, 0.29) is 0 Å². The molecule has 1 fully saturated rings. The average molecular weight is 274 g/mol. The summed E-state index contributed by atoms with van der Waals surface area (Å²) in [5.74, 6) is 1.48. The van der Waals surface area contributed by atoms with Crippen molar-refractivity contribution >= 4 is 27.5 Å². The second-order valence-corrected chi connectivity index (χ2v) is 5.30. The zero-order chi connectivity index (χ0) is 10.2. The van der Waals surface area contributed by atoms with Crippen LogP contribution in [0.25, 0.3) is 0 Å². The van der Waals surface area contributed by atoms with Crippen LogP contribution in [-0.2, 0) is 5.41 Å². The first-order valence-electron chi connectivity index (χ1n) is 5.05. The summed E-state index contributed by atoms with van der Waals surface area (Å²) in [7, 11) is 0. The van der Waals surface area contributed by atoms with Gasteiger partial charge in [0.1, 0.15) is 0 Å². The van der Waals surface area contributed by atoms with Crippen LogP contribution in [0.15, 0.2) is 28.7 Å². The largest absolute Gasteiger partial charge is 0.126 e. The molecule has 1 aromatic carbocycles. The Labute approximate surface area is 98.8 Å². The van der Waals surface area contributed by atoms with Crippen molar-refractivity contribution < 1.29 is 0 Å². The maximum atomic E-state index is 5.94. The van der Waals surface area contributed by atoms with Crippen molar-refractivity contribution in [1.82, 2.24) is 0 Å². The van der Waals surface area contributed by atoms with E-state index in [0.717, 1.165) is 5.88 Å². The molecule has 76 valence electrons. The van der Waals surface area contributed by atoms with Crippen LogP contribution in [0, 0.1) is 5.92 Å². The number of hydrogen-bond donors (Lipinski definition) is 0. The van der Waals surface area contributed by atoms with Crippen LogP contribution >= 0.6 is 27.5 Å². The highest BCUT2D eigenvalue weighted by Gasteiger charge is 2.52. The van der Waals surface area contributed by atoms with E-state index in [1.807, 2.05) is 0 Å². The fraction of sp³-hybridized carbons (Fsp3) is 0.500. The monoisotopic (exact) mass is 272 g/mol. The molecule has 0 aliphatic heterocycles. The lowest BCUT2D eigenvalue weighted by atomic mass is 9.91. The Balaban J connectivity index is 2.30. The fourth-order valence-electron chi connectivity index (χ4n) is 2.37. The lowest BCUT2D eigenvalue weighted by molar-refractivity contribution is 0.609. The second kappa shape index (κ2) is 3.86. The van der Waals surface area contributed by atoms with E-state index in [1.54, 1.807) is 0 Å². The Morgan fingerprint density at radius 2 is 2.36 bits per heavy atom. The van der Waals surface area contributed by atoms with Crippen molar-refractivity contribution in [2.45, 2.75) is 25.2 Å². The van der Waals surface area contributed by atoms with E-state index in [1.165, 1.54) is 22.9 Å². The molecule has 2 atom stereocenters.